The molecule has 1 aromatic heterocycles. The van der Waals surface area contributed by atoms with Crippen molar-refractivity contribution in [3.63, 3.8) is 0 Å². The van der Waals surface area contributed by atoms with Crippen molar-refractivity contribution in [3.8, 4) is 0 Å². The minimum absolute atomic E-state index is 0.676. The topological polar surface area (TPSA) is 30.9 Å². The molecule has 2 N–H and O–H groups in total. The van der Waals surface area contributed by atoms with Crippen molar-refractivity contribution in [3.05, 3.63) is 35.5 Å². The van der Waals surface area contributed by atoms with Gasteiger partial charge in [0, 0.05) is 23.1 Å². The fourth-order valence-electron chi connectivity index (χ4n) is 2.94. The first-order valence-electron chi connectivity index (χ1n) is 6.08. The van der Waals surface area contributed by atoms with Gasteiger partial charge in [0.15, 0.2) is 0 Å². The van der Waals surface area contributed by atoms with Crippen molar-refractivity contribution in [2.75, 3.05) is 6.54 Å². The second-order valence-electron chi connectivity index (χ2n) is 4.84. The third-order valence-electron chi connectivity index (χ3n) is 3.93. The standard InChI is InChI=1S/C14H18N2/c1-10-12-4-2-3-5-13(12)16-7-6-11(9-15)8-14(10)16/h2-5,11H,6-9,15H2,1H3. The first kappa shape index (κ1) is 9.91. The lowest BCUT2D eigenvalue weighted by molar-refractivity contribution is 0.401. The van der Waals surface area contributed by atoms with Gasteiger partial charge in [0.1, 0.15) is 0 Å². The van der Waals surface area contributed by atoms with E-state index in [1.165, 1.54) is 28.6 Å². The average Bonchev–Trinajstić information content (AvgIpc) is 2.64. The van der Waals surface area contributed by atoms with Gasteiger partial charge in [-0.25, -0.2) is 0 Å². The van der Waals surface area contributed by atoms with Crippen LogP contribution >= 0.6 is 0 Å². The van der Waals surface area contributed by atoms with Gasteiger partial charge >= 0.3 is 0 Å². The lowest BCUT2D eigenvalue weighted by atomic mass is 9.95. The van der Waals surface area contributed by atoms with Crippen LogP contribution in [0.4, 0.5) is 0 Å². The maximum Gasteiger partial charge on any atom is 0.0485 e. The van der Waals surface area contributed by atoms with E-state index >= 15 is 0 Å². The van der Waals surface area contributed by atoms with Crippen LogP contribution in [0, 0.1) is 12.8 Å². The molecule has 0 saturated heterocycles. The molecule has 1 aliphatic rings. The number of nitrogens with zero attached hydrogens (tertiary/aromatic N) is 1. The largest absolute Gasteiger partial charge is 0.344 e. The van der Waals surface area contributed by atoms with Crippen LogP contribution in [0.2, 0.25) is 0 Å². The van der Waals surface area contributed by atoms with Gasteiger partial charge in [-0.1, -0.05) is 18.2 Å². The van der Waals surface area contributed by atoms with Crippen molar-refractivity contribution in [1.29, 1.82) is 0 Å². The quantitative estimate of drug-likeness (QED) is 0.776. The van der Waals surface area contributed by atoms with Gasteiger partial charge in [-0.15, -0.1) is 0 Å². The zero-order chi connectivity index (χ0) is 11.1. The Morgan fingerprint density at radius 1 is 1.38 bits per heavy atom. The molecule has 2 nitrogen and oxygen atoms in total. The second kappa shape index (κ2) is 3.63. The molecule has 84 valence electrons. The molecule has 16 heavy (non-hydrogen) atoms. The predicted molar refractivity (Wildman–Crippen MR) is 67.5 cm³/mol. The van der Waals surface area contributed by atoms with E-state index in [2.05, 4.69) is 35.8 Å². The number of fused-ring (bicyclic) bond motifs is 3. The Hall–Kier alpha value is -1.28. The molecule has 0 fully saturated rings. The van der Waals surface area contributed by atoms with E-state index in [4.69, 9.17) is 5.73 Å². The van der Waals surface area contributed by atoms with Gasteiger partial charge in [-0.05, 0) is 43.9 Å². The molecule has 1 unspecified atom stereocenters. The highest BCUT2D eigenvalue weighted by Crippen LogP contribution is 2.31. The summed E-state index contributed by atoms with van der Waals surface area (Å²) >= 11 is 0. The van der Waals surface area contributed by atoms with Crippen molar-refractivity contribution in [2.45, 2.75) is 26.3 Å². The van der Waals surface area contributed by atoms with Gasteiger partial charge < -0.3 is 10.3 Å². The minimum atomic E-state index is 0.676. The molecule has 0 saturated carbocycles. The minimum Gasteiger partial charge on any atom is -0.344 e. The van der Waals surface area contributed by atoms with Crippen LogP contribution in [0.15, 0.2) is 24.3 Å². The number of aromatic nitrogens is 1. The number of benzene rings is 1. The highest BCUT2D eigenvalue weighted by molar-refractivity contribution is 5.85. The molecule has 0 bridgehead atoms. The zero-order valence-corrected chi connectivity index (χ0v) is 9.74. The summed E-state index contributed by atoms with van der Waals surface area (Å²) in [6.07, 6.45) is 2.37. The van der Waals surface area contributed by atoms with Crippen LogP contribution in [-0.4, -0.2) is 11.1 Å². The highest BCUT2D eigenvalue weighted by atomic mass is 15.0. The zero-order valence-electron chi connectivity index (χ0n) is 9.74. The SMILES string of the molecule is Cc1c2n(c3ccccc13)CCC(CN)C2. The molecular weight excluding hydrogens is 196 g/mol. The van der Waals surface area contributed by atoms with Crippen LogP contribution < -0.4 is 5.73 Å². The van der Waals surface area contributed by atoms with Crippen LogP contribution in [0.3, 0.4) is 0 Å². The van der Waals surface area contributed by atoms with Crippen molar-refractivity contribution >= 4 is 10.9 Å². The monoisotopic (exact) mass is 214 g/mol. The fourth-order valence-corrected chi connectivity index (χ4v) is 2.94. The van der Waals surface area contributed by atoms with E-state index in [1.807, 2.05) is 0 Å². The van der Waals surface area contributed by atoms with Crippen LogP contribution in [-0.2, 0) is 13.0 Å². The van der Waals surface area contributed by atoms with Crippen LogP contribution in [0.25, 0.3) is 10.9 Å². The summed E-state index contributed by atoms with van der Waals surface area (Å²) in [5, 5.41) is 1.41. The van der Waals surface area contributed by atoms with E-state index in [9.17, 15) is 0 Å². The molecule has 0 aliphatic carbocycles. The van der Waals surface area contributed by atoms with Crippen molar-refractivity contribution in [1.82, 2.24) is 4.57 Å². The Balaban J connectivity index is 2.20. The number of para-hydroxylation sites is 1. The van der Waals surface area contributed by atoms with E-state index < -0.39 is 0 Å². The summed E-state index contributed by atoms with van der Waals surface area (Å²) in [5.41, 5.74) is 10.1. The van der Waals surface area contributed by atoms with Crippen molar-refractivity contribution < 1.29 is 0 Å². The third-order valence-corrected chi connectivity index (χ3v) is 3.93. The van der Waals surface area contributed by atoms with Gasteiger partial charge in [-0.3, -0.25) is 0 Å². The van der Waals surface area contributed by atoms with E-state index in [1.54, 1.807) is 0 Å². The molecule has 1 aliphatic heterocycles. The maximum absolute atomic E-state index is 5.80. The van der Waals surface area contributed by atoms with Crippen LogP contribution in [0.5, 0.6) is 0 Å². The maximum atomic E-state index is 5.80. The Bertz CT molecular complexity index is 525. The van der Waals surface area contributed by atoms with Gasteiger partial charge in [0.25, 0.3) is 0 Å². The molecule has 2 heteroatoms. The van der Waals surface area contributed by atoms with Gasteiger partial charge in [0.05, 0.1) is 0 Å². The smallest absolute Gasteiger partial charge is 0.0485 e. The Labute approximate surface area is 96.1 Å². The third kappa shape index (κ3) is 1.30. The first-order valence-corrected chi connectivity index (χ1v) is 6.08. The summed E-state index contributed by atoms with van der Waals surface area (Å²) in [5.74, 6) is 0.676. The molecule has 0 amide bonds. The number of hydrogen-bond donors (Lipinski definition) is 1. The predicted octanol–water partition coefficient (Wildman–Crippen LogP) is 2.47. The average molecular weight is 214 g/mol. The Kier molecular flexibility index (Phi) is 2.25. The Morgan fingerprint density at radius 3 is 3.00 bits per heavy atom. The summed E-state index contributed by atoms with van der Waals surface area (Å²) < 4.78 is 2.48. The number of aryl methyl sites for hydroxylation is 2. The molecule has 2 heterocycles. The lowest BCUT2D eigenvalue weighted by Crippen LogP contribution is -2.25. The molecule has 1 atom stereocenters. The van der Waals surface area contributed by atoms with Gasteiger partial charge in [-0.2, -0.15) is 0 Å². The van der Waals surface area contributed by atoms with E-state index in [-0.39, 0.29) is 0 Å². The molecule has 0 spiro atoms. The molecule has 3 rings (SSSR count). The van der Waals surface area contributed by atoms with Gasteiger partial charge in [0.2, 0.25) is 0 Å². The fraction of sp³-hybridized carbons (Fsp3) is 0.429. The summed E-state index contributed by atoms with van der Waals surface area (Å²) in [6, 6.07) is 8.72. The lowest BCUT2D eigenvalue weighted by Gasteiger charge is -2.24. The molecular formula is C14H18N2. The van der Waals surface area contributed by atoms with E-state index in [0.29, 0.717) is 5.92 Å². The number of hydrogen-bond acceptors (Lipinski definition) is 1. The number of nitrogens with two attached hydrogens (primary N) is 1. The normalized spacial score (nSPS) is 20.0. The second-order valence-corrected chi connectivity index (χ2v) is 4.84. The van der Waals surface area contributed by atoms with Crippen molar-refractivity contribution in [2.24, 2.45) is 11.7 Å². The molecule has 0 radical (unpaired) electrons. The molecule has 1 aromatic carbocycles. The summed E-state index contributed by atoms with van der Waals surface area (Å²) in [6.45, 7) is 4.19. The number of rotatable bonds is 1. The highest BCUT2D eigenvalue weighted by Gasteiger charge is 2.21. The first-order chi connectivity index (χ1) is 7.81. The van der Waals surface area contributed by atoms with Crippen LogP contribution in [0.1, 0.15) is 17.7 Å². The van der Waals surface area contributed by atoms with E-state index in [0.717, 1.165) is 19.5 Å². The summed E-state index contributed by atoms with van der Waals surface area (Å²) in [4.78, 5) is 0. The molecule has 2 aromatic rings. The Morgan fingerprint density at radius 2 is 2.19 bits per heavy atom. The summed E-state index contributed by atoms with van der Waals surface area (Å²) in [7, 11) is 0.